The van der Waals surface area contributed by atoms with Crippen LogP contribution in [0.2, 0.25) is 5.02 Å². The van der Waals surface area contributed by atoms with Crippen LogP contribution in [0.3, 0.4) is 0 Å². The average molecular weight is 298 g/mol. The van der Waals surface area contributed by atoms with Crippen LogP contribution in [0.5, 0.6) is 0 Å². The Morgan fingerprint density at radius 2 is 2.05 bits per heavy atom. The predicted octanol–water partition coefficient (Wildman–Crippen LogP) is 3.00. The Bertz CT molecular complexity index is 392. The number of aliphatic hydroxyl groups is 1. The second kappa shape index (κ2) is 7.99. The largest absolute Gasteiger partial charge is 0.389 e. The van der Waals surface area contributed by atoms with Gasteiger partial charge in [-0.1, -0.05) is 30.2 Å². The van der Waals surface area contributed by atoms with E-state index in [0.717, 1.165) is 16.5 Å². The number of ether oxygens (including phenoxy) is 1. The standard InChI is InChI=1S/C16H24ClNO2/c1-12(14-3-2-4-14)18-9-16(19)11-20-10-13-5-7-15(17)8-6-13/h5-8,12,14,16,18-19H,2-4,9-11H2,1H3. The highest BCUT2D eigenvalue weighted by atomic mass is 35.5. The van der Waals surface area contributed by atoms with E-state index in [4.69, 9.17) is 16.3 Å². The zero-order chi connectivity index (χ0) is 14.4. The van der Waals surface area contributed by atoms with Gasteiger partial charge in [0.2, 0.25) is 0 Å². The number of aliphatic hydroxyl groups excluding tert-OH is 1. The molecular formula is C16H24ClNO2. The molecule has 2 rings (SSSR count). The molecule has 0 saturated heterocycles. The number of rotatable bonds is 8. The summed E-state index contributed by atoms with van der Waals surface area (Å²) in [5.41, 5.74) is 1.07. The topological polar surface area (TPSA) is 41.5 Å². The van der Waals surface area contributed by atoms with Crippen LogP contribution in [0.1, 0.15) is 31.7 Å². The summed E-state index contributed by atoms with van der Waals surface area (Å²) >= 11 is 5.82. The lowest BCUT2D eigenvalue weighted by molar-refractivity contribution is 0.0260. The van der Waals surface area contributed by atoms with Crippen molar-refractivity contribution in [1.29, 1.82) is 0 Å². The summed E-state index contributed by atoms with van der Waals surface area (Å²) in [4.78, 5) is 0. The molecule has 2 unspecified atom stereocenters. The molecule has 0 heterocycles. The number of benzene rings is 1. The quantitative estimate of drug-likeness (QED) is 0.775. The minimum atomic E-state index is -0.454. The van der Waals surface area contributed by atoms with E-state index < -0.39 is 6.10 Å². The SMILES string of the molecule is CC(NCC(O)COCc1ccc(Cl)cc1)C1CCC1. The van der Waals surface area contributed by atoms with Crippen LogP contribution >= 0.6 is 11.6 Å². The van der Waals surface area contributed by atoms with Gasteiger partial charge >= 0.3 is 0 Å². The molecule has 0 spiro atoms. The van der Waals surface area contributed by atoms with Crippen LogP contribution in [-0.4, -0.2) is 30.4 Å². The third kappa shape index (κ3) is 5.06. The Hall–Kier alpha value is -0.610. The van der Waals surface area contributed by atoms with Crippen LogP contribution < -0.4 is 5.32 Å². The van der Waals surface area contributed by atoms with Crippen LogP contribution in [0, 0.1) is 5.92 Å². The molecule has 4 heteroatoms. The van der Waals surface area contributed by atoms with Crippen molar-refractivity contribution in [2.75, 3.05) is 13.2 Å². The average Bonchev–Trinajstić information content (AvgIpc) is 2.37. The van der Waals surface area contributed by atoms with Crippen LogP contribution in [0.4, 0.5) is 0 Å². The second-order valence-corrected chi connectivity index (χ2v) is 6.12. The van der Waals surface area contributed by atoms with Crippen molar-refractivity contribution < 1.29 is 9.84 Å². The summed E-state index contributed by atoms with van der Waals surface area (Å²) in [6.07, 6.45) is 3.53. The van der Waals surface area contributed by atoms with Gasteiger partial charge in [-0.15, -0.1) is 0 Å². The van der Waals surface area contributed by atoms with Gasteiger partial charge in [0.25, 0.3) is 0 Å². The number of hydrogen-bond acceptors (Lipinski definition) is 3. The van der Waals surface area contributed by atoms with Crippen molar-refractivity contribution in [3.8, 4) is 0 Å². The lowest BCUT2D eigenvalue weighted by atomic mass is 9.80. The van der Waals surface area contributed by atoms with Gasteiger partial charge in [-0.2, -0.15) is 0 Å². The molecule has 1 saturated carbocycles. The highest BCUT2D eigenvalue weighted by molar-refractivity contribution is 6.30. The van der Waals surface area contributed by atoms with Crippen molar-refractivity contribution in [2.24, 2.45) is 5.92 Å². The molecule has 1 aromatic rings. The highest BCUT2D eigenvalue weighted by Gasteiger charge is 2.23. The first-order valence-corrected chi connectivity index (χ1v) is 7.76. The molecule has 0 aromatic heterocycles. The molecule has 3 nitrogen and oxygen atoms in total. The molecule has 1 aliphatic rings. The van der Waals surface area contributed by atoms with Gasteiger partial charge in [-0.3, -0.25) is 0 Å². The summed E-state index contributed by atoms with van der Waals surface area (Å²) in [6, 6.07) is 8.06. The van der Waals surface area contributed by atoms with E-state index in [1.54, 1.807) is 0 Å². The van der Waals surface area contributed by atoms with Gasteiger partial charge in [-0.05, 0) is 43.4 Å². The van der Waals surface area contributed by atoms with Gasteiger partial charge in [0.05, 0.1) is 19.3 Å². The summed E-state index contributed by atoms with van der Waals surface area (Å²) in [5.74, 6) is 0.789. The summed E-state index contributed by atoms with van der Waals surface area (Å²) in [7, 11) is 0. The fraction of sp³-hybridized carbons (Fsp3) is 0.625. The molecule has 0 radical (unpaired) electrons. The van der Waals surface area contributed by atoms with E-state index in [-0.39, 0.29) is 0 Å². The lowest BCUT2D eigenvalue weighted by Crippen LogP contribution is -2.41. The molecule has 0 aliphatic heterocycles. The summed E-state index contributed by atoms with van der Waals surface area (Å²) < 4.78 is 5.52. The minimum Gasteiger partial charge on any atom is -0.389 e. The summed E-state index contributed by atoms with van der Waals surface area (Å²) in [6.45, 7) is 3.66. The molecular weight excluding hydrogens is 274 g/mol. The third-order valence-corrected chi connectivity index (χ3v) is 4.28. The Balaban J connectivity index is 1.57. The summed E-state index contributed by atoms with van der Waals surface area (Å²) in [5, 5.41) is 14.0. The molecule has 112 valence electrons. The Labute approximate surface area is 126 Å². The van der Waals surface area contributed by atoms with Gasteiger partial charge in [0.1, 0.15) is 0 Å². The third-order valence-electron chi connectivity index (χ3n) is 4.02. The van der Waals surface area contributed by atoms with Crippen molar-refractivity contribution in [2.45, 2.75) is 44.9 Å². The maximum atomic E-state index is 9.88. The van der Waals surface area contributed by atoms with E-state index in [0.29, 0.717) is 25.8 Å². The Kier molecular flexibility index (Phi) is 6.30. The van der Waals surface area contributed by atoms with Crippen molar-refractivity contribution in [1.82, 2.24) is 5.32 Å². The predicted molar refractivity (Wildman–Crippen MR) is 81.9 cm³/mol. The van der Waals surface area contributed by atoms with E-state index in [9.17, 15) is 5.11 Å². The first-order valence-electron chi connectivity index (χ1n) is 7.39. The van der Waals surface area contributed by atoms with Gasteiger partial charge in [0, 0.05) is 17.6 Å². The molecule has 0 bridgehead atoms. The number of nitrogens with one attached hydrogen (secondary N) is 1. The molecule has 2 N–H and O–H groups in total. The van der Waals surface area contributed by atoms with Crippen LogP contribution in [-0.2, 0) is 11.3 Å². The first-order chi connectivity index (χ1) is 9.65. The zero-order valence-electron chi connectivity index (χ0n) is 12.0. The fourth-order valence-corrected chi connectivity index (χ4v) is 2.51. The number of halogens is 1. The smallest absolute Gasteiger partial charge is 0.0897 e. The van der Waals surface area contributed by atoms with E-state index >= 15 is 0 Å². The van der Waals surface area contributed by atoms with Crippen molar-refractivity contribution in [3.05, 3.63) is 34.9 Å². The highest BCUT2D eigenvalue weighted by Crippen LogP contribution is 2.29. The molecule has 0 amide bonds. The normalized spacial score (nSPS) is 18.6. The molecule has 1 fully saturated rings. The van der Waals surface area contributed by atoms with E-state index in [1.807, 2.05) is 24.3 Å². The maximum absolute atomic E-state index is 9.88. The molecule has 20 heavy (non-hydrogen) atoms. The molecule has 1 aliphatic carbocycles. The first kappa shape index (κ1) is 15.8. The van der Waals surface area contributed by atoms with Crippen molar-refractivity contribution in [3.63, 3.8) is 0 Å². The monoisotopic (exact) mass is 297 g/mol. The minimum absolute atomic E-state index is 0.354. The van der Waals surface area contributed by atoms with Crippen molar-refractivity contribution >= 4 is 11.6 Å². The van der Waals surface area contributed by atoms with Crippen LogP contribution in [0.25, 0.3) is 0 Å². The molecule has 1 aromatic carbocycles. The van der Waals surface area contributed by atoms with Crippen LogP contribution in [0.15, 0.2) is 24.3 Å². The molecule has 2 atom stereocenters. The Morgan fingerprint density at radius 1 is 1.35 bits per heavy atom. The number of hydrogen-bond donors (Lipinski definition) is 2. The second-order valence-electron chi connectivity index (χ2n) is 5.68. The zero-order valence-corrected chi connectivity index (χ0v) is 12.8. The lowest BCUT2D eigenvalue weighted by Gasteiger charge is -2.32. The van der Waals surface area contributed by atoms with E-state index in [2.05, 4.69) is 12.2 Å². The van der Waals surface area contributed by atoms with E-state index in [1.165, 1.54) is 19.3 Å². The maximum Gasteiger partial charge on any atom is 0.0897 e. The van der Waals surface area contributed by atoms with Gasteiger partial charge in [0.15, 0.2) is 0 Å². The van der Waals surface area contributed by atoms with Gasteiger partial charge in [-0.25, -0.2) is 0 Å². The fourth-order valence-electron chi connectivity index (χ4n) is 2.38. The van der Waals surface area contributed by atoms with Gasteiger partial charge < -0.3 is 15.2 Å². The Morgan fingerprint density at radius 3 is 2.65 bits per heavy atom.